The van der Waals surface area contributed by atoms with E-state index in [9.17, 15) is 0 Å². The van der Waals surface area contributed by atoms with Gasteiger partial charge in [-0.2, -0.15) is 0 Å². The molecule has 0 spiro atoms. The van der Waals surface area contributed by atoms with E-state index in [0.717, 1.165) is 17.5 Å². The van der Waals surface area contributed by atoms with Crippen LogP contribution in [-0.2, 0) is 0 Å². The second-order valence-electron chi connectivity index (χ2n) is 6.79. The Balaban J connectivity index is 1.59. The van der Waals surface area contributed by atoms with Gasteiger partial charge in [0.2, 0.25) is 0 Å². The lowest BCUT2D eigenvalue weighted by atomic mass is 10.0. The minimum Gasteiger partial charge on any atom is -0.489 e. The van der Waals surface area contributed by atoms with Gasteiger partial charge >= 0.3 is 0 Å². The van der Waals surface area contributed by atoms with E-state index in [1.807, 2.05) is 6.07 Å². The molecule has 2 aromatic carbocycles. The van der Waals surface area contributed by atoms with Gasteiger partial charge in [-0.3, -0.25) is 0 Å². The molecule has 0 radical (unpaired) electrons. The van der Waals surface area contributed by atoms with Crippen molar-refractivity contribution in [3.05, 3.63) is 78.5 Å². The molecule has 0 bridgehead atoms. The number of anilines is 1. The van der Waals surface area contributed by atoms with Crippen LogP contribution in [0, 0.1) is 12.8 Å². The summed E-state index contributed by atoms with van der Waals surface area (Å²) in [5.41, 5.74) is 9.41. The Morgan fingerprint density at radius 3 is 2.73 bits per heavy atom. The molecule has 1 aliphatic carbocycles. The van der Waals surface area contributed by atoms with Gasteiger partial charge in [0, 0.05) is 17.7 Å². The molecule has 130 valence electrons. The molecule has 1 heterocycles. The Morgan fingerprint density at radius 2 is 1.88 bits per heavy atom. The molecule has 3 heteroatoms. The maximum absolute atomic E-state index is 6.02. The van der Waals surface area contributed by atoms with Crippen molar-refractivity contribution in [2.45, 2.75) is 13.3 Å². The Kier molecular flexibility index (Phi) is 4.44. The standard InChI is InChI=1S/C23H22N2O/c1-16-7-8-19-12-20(10-9-18(19)11-16)21-13-22(23(24)25-14-21)26-15-17-5-3-2-4-6-17/h2-5,7-14,17H,6,15H2,1H3,(H2,24,25). The fourth-order valence-corrected chi connectivity index (χ4v) is 3.23. The number of nitrogens with zero attached hydrogens (tertiary/aromatic N) is 1. The summed E-state index contributed by atoms with van der Waals surface area (Å²) in [6.45, 7) is 2.71. The second kappa shape index (κ2) is 7.04. The minimum atomic E-state index is 0.381. The third-order valence-electron chi connectivity index (χ3n) is 4.73. The van der Waals surface area contributed by atoms with Crippen LogP contribution in [-0.4, -0.2) is 11.6 Å². The molecule has 3 aromatic rings. The van der Waals surface area contributed by atoms with Crippen molar-refractivity contribution in [2.24, 2.45) is 5.92 Å². The van der Waals surface area contributed by atoms with Gasteiger partial charge in [0.15, 0.2) is 11.6 Å². The lowest BCUT2D eigenvalue weighted by Gasteiger charge is -2.16. The highest BCUT2D eigenvalue weighted by molar-refractivity contribution is 5.88. The number of rotatable bonds is 4. The van der Waals surface area contributed by atoms with Gasteiger partial charge in [0.25, 0.3) is 0 Å². The lowest BCUT2D eigenvalue weighted by molar-refractivity contribution is 0.276. The molecular weight excluding hydrogens is 320 g/mol. The molecule has 0 fully saturated rings. The molecule has 1 unspecified atom stereocenters. The van der Waals surface area contributed by atoms with Crippen molar-refractivity contribution in [3.8, 4) is 16.9 Å². The van der Waals surface area contributed by atoms with Crippen LogP contribution in [0.15, 0.2) is 73.0 Å². The van der Waals surface area contributed by atoms with Gasteiger partial charge in [-0.05, 0) is 41.8 Å². The van der Waals surface area contributed by atoms with Gasteiger partial charge < -0.3 is 10.5 Å². The van der Waals surface area contributed by atoms with E-state index in [4.69, 9.17) is 10.5 Å². The number of benzene rings is 2. The first-order valence-corrected chi connectivity index (χ1v) is 8.91. The zero-order valence-electron chi connectivity index (χ0n) is 14.9. The summed E-state index contributed by atoms with van der Waals surface area (Å²) in [4.78, 5) is 4.33. The molecule has 1 aliphatic rings. The summed E-state index contributed by atoms with van der Waals surface area (Å²) in [6.07, 6.45) is 11.2. The quantitative estimate of drug-likeness (QED) is 0.699. The van der Waals surface area contributed by atoms with Crippen LogP contribution < -0.4 is 10.5 Å². The first-order chi connectivity index (χ1) is 12.7. The van der Waals surface area contributed by atoms with Crippen LogP contribution >= 0.6 is 0 Å². The second-order valence-corrected chi connectivity index (χ2v) is 6.79. The van der Waals surface area contributed by atoms with Crippen LogP contribution in [0.5, 0.6) is 5.75 Å². The summed E-state index contributed by atoms with van der Waals surface area (Å²) >= 11 is 0. The van der Waals surface area contributed by atoms with Gasteiger partial charge in [-0.15, -0.1) is 0 Å². The Hall–Kier alpha value is -3.07. The van der Waals surface area contributed by atoms with Gasteiger partial charge in [-0.25, -0.2) is 4.98 Å². The fraction of sp³-hybridized carbons (Fsp3) is 0.174. The molecule has 3 nitrogen and oxygen atoms in total. The minimum absolute atomic E-state index is 0.381. The van der Waals surface area contributed by atoms with Crippen LogP contribution in [0.4, 0.5) is 5.82 Å². The first kappa shape index (κ1) is 16.4. The third kappa shape index (κ3) is 3.47. The summed E-state index contributed by atoms with van der Waals surface area (Å²) in [5, 5.41) is 2.46. The Labute approximate surface area is 153 Å². The predicted molar refractivity (Wildman–Crippen MR) is 108 cm³/mol. The zero-order chi connectivity index (χ0) is 17.9. The number of hydrogen-bond donors (Lipinski definition) is 1. The number of aromatic nitrogens is 1. The van der Waals surface area contributed by atoms with Crippen molar-refractivity contribution in [3.63, 3.8) is 0 Å². The number of nitrogen functional groups attached to an aromatic ring is 1. The zero-order valence-corrected chi connectivity index (χ0v) is 14.9. The normalized spacial score (nSPS) is 16.1. The molecule has 0 saturated heterocycles. The van der Waals surface area contributed by atoms with E-state index >= 15 is 0 Å². The fourth-order valence-electron chi connectivity index (χ4n) is 3.23. The van der Waals surface area contributed by atoms with Crippen molar-refractivity contribution in [2.75, 3.05) is 12.3 Å². The van der Waals surface area contributed by atoms with Crippen molar-refractivity contribution < 1.29 is 4.74 Å². The summed E-state index contributed by atoms with van der Waals surface area (Å²) in [5.74, 6) is 1.46. The first-order valence-electron chi connectivity index (χ1n) is 8.91. The van der Waals surface area contributed by atoms with Crippen LogP contribution in [0.25, 0.3) is 21.9 Å². The molecule has 4 rings (SSSR count). The predicted octanol–water partition coefficient (Wildman–Crippen LogP) is 5.30. The van der Waals surface area contributed by atoms with E-state index in [-0.39, 0.29) is 0 Å². The molecule has 26 heavy (non-hydrogen) atoms. The smallest absolute Gasteiger partial charge is 0.166 e. The average molecular weight is 342 g/mol. The lowest BCUT2D eigenvalue weighted by Crippen LogP contribution is -2.11. The van der Waals surface area contributed by atoms with Gasteiger partial charge in [0.05, 0.1) is 6.61 Å². The number of hydrogen-bond acceptors (Lipinski definition) is 3. The van der Waals surface area contributed by atoms with Crippen LogP contribution in [0.3, 0.4) is 0 Å². The SMILES string of the molecule is Cc1ccc2cc(-c3cnc(N)c(OCC4C=CC=CC4)c3)ccc2c1. The van der Waals surface area contributed by atoms with Gasteiger partial charge in [0.1, 0.15) is 0 Å². The van der Waals surface area contributed by atoms with E-state index in [1.54, 1.807) is 6.20 Å². The molecule has 1 atom stereocenters. The maximum Gasteiger partial charge on any atom is 0.166 e. The van der Waals surface area contributed by atoms with Crippen molar-refractivity contribution in [1.29, 1.82) is 0 Å². The molecule has 0 amide bonds. The van der Waals surface area contributed by atoms with Crippen molar-refractivity contribution >= 4 is 16.6 Å². The third-order valence-corrected chi connectivity index (χ3v) is 4.73. The van der Waals surface area contributed by atoms with Gasteiger partial charge in [-0.1, -0.05) is 60.2 Å². The summed E-state index contributed by atoms with van der Waals surface area (Å²) in [6, 6.07) is 14.9. The van der Waals surface area contributed by atoms with Crippen molar-refractivity contribution in [1.82, 2.24) is 4.98 Å². The van der Waals surface area contributed by atoms with E-state index in [2.05, 4.69) is 72.6 Å². The van der Waals surface area contributed by atoms with E-state index < -0.39 is 0 Å². The number of pyridine rings is 1. The topological polar surface area (TPSA) is 48.1 Å². The molecule has 0 saturated carbocycles. The Morgan fingerprint density at radius 1 is 1.04 bits per heavy atom. The highest BCUT2D eigenvalue weighted by Crippen LogP contribution is 2.30. The van der Waals surface area contributed by atoms with Crippen LogP contribution in [0.1, 0.15) is 12.0 Å². The number of aryl methyl sites for hydroxylation is 1. The number of ether oxygens (including phenoxy) is 1. The number of nitrogens with two attached hydrogens (primary N) is 1. The van der Waals surface area contributed by atoms with Crippen LogP contribution in [0.2, 0.25) is 0 Å². The maximum atomic E-state index is 6.02. The average Bonchev–Trinajstić information content (AvgIpc) is 2.68. The number of fused-ring (bicyclic) bond motifs is 1. The van der Waals surface area contributed by atoms with E-state index in [1.165, 1.54) is 16.3 Å². The molecular formula is C23H22N2O. The molecule has 2 N–H and O–H groups in total. The Bertz CT molecular complexity index is 1000. The van der Waals surface area contributed by atoms with E-state index in [0.29, 0.717) is 24.1 Å². The highest BCUT2D eigenvalue weighted by Gasteiger charge is 2.10. The summed E-state index contributed by atoms with van der Waals surface area (Å²) < 4.78 is 5.97. The largest absolute Gasteiger partial charge is 0.489 e. The summed E-state index contributed by atoms with van der Waals surface area (Å²) in [7, 11) is 0. The molecule has 0 aliphatic heterocycles. The number of allylic oxidation sites excluding steroid dienone is 3. The molecule has 1 aromatic heterocycles. The highest BCUT2D eigenvalue weighted by atomic mass is 16.5. The monoisotopic (exact) mass is 342 g/mol.